The summed E-state index contributed by atoms with van der Waals surface area (Å²) in [5.74, 6) is -0.531. The van der Waals surface area contributed by atoms with Crippen molar-refractivity contribution in [3.8, 4) is 0 Å². The van der Waals surface area contributed by atoms with Gasteiger partial charge in [0.15, 0.2) is 0 Å². The SMILES string of the molecule is CNC(=O)CCCC=C(c1cc(Cl)c(C)c(C(=O)NC)c1)c1cc(Cl)c(C)c(C(=O)NC)c1.FOC(F)(F)F. The van der Waals surface area contributed by atoms with E-state index in [2.05, 4.69) is 16.0 Å². The van der Waals surface area contributed by atoms with E-state index in [0.29, 0.717) is 62.7 Å². The minimum Gasteiger partial charge on any atom is -0.359 e. The number of hydrogen-bond acceptors (Lipinski definition) is 4. The fourth-order valence-corrected chi connectivity index (χ4v) is 3.88. The molecule has 0 aliphatic rings. The van der Waals surface area contributed by atoms with Crippen LogP contribution in [0.15, 0.2) is 30.3 Å². The van der Waals surface area contributed by atoms with Crippen LogP contribution >= 0.6 is 23.2 Å². The Morgan fingerprint density at radius 1 is 0.846 bits per heavy atom. The van der Waals surface area contributed by atoms with Crippen molar-refractivity contribution in [1.29, 1.82) is 0 Å². The number of alkyl halides is 3. The molecule has 0 saturated carbocycles. The third-order valence-electron chi connectivity index (χ3n) is 5.58. The van der Waals surface area contributed by atoms with E-state index in [1.807, 2.05) is 6.08 Å². The first kappa shape index (κ1) is 33.9. The van der Waals surface area contributed by atoms with E-state index in [-0.39, 0.29) is 17.7 Å². The van der Waals surface area contributed by atoms with Gasteiger partial charge in [-0.2, -0.15) is 0 Å². The average Bonchev–Trinajstić information content (AvgIpc) is 2.90. The number of hydrogen-bond donors (Lipinski definition) is 3. The van der Waals surface area contributed by atoms with Gasteiger partial charge in [0.1, 0.15) is 0 Å². The van der Waals surface area contributed by atoms with Gasteiger partial charge < -0.3 is 16.0 Å². The zero-order valence-corrected chi connectivity index (χ0v) is 23.4. The van der Waals surface area contributed by atoms with Crippen LogP contribution in [0, 0.1) is 13.8 Å². The number of halogens is 6. The van der Waals surface area contributed by atoms with Crippen LogP contribution in [0.2, 0.25) is 10.0 Å². The molecule has 0 heterocycles. The molecule has 0 bridgehead atoms. The van der Waals surface area contributed by atoms with E-state index in [9.17, 15) is 32.1 Å². The Bertz CT molecular complexity index is 1160. The Morgan fingerprint density at radius 3 is 1.59 bits per heavy atom. The van der Waals surface area contributed by atoms with Crippen LogP contribution in [0.1, 0.15) is 62.2 Å². The van der Waals surface area contributed by atoms with Crippen LogP contribution < -0.4 is 16.0 Å². The predicted octanol–water partition coefficient (Wildman–Crippen LogP) is 6.08. The highest BCUT2D eigenvalue weighted by Gasteiger charge is 2.30. The number of nitrogens with one attached hydrogen (secondary N) is 3. The minimum absolute atomic E-state index is 0.0366. The Hall–Kier alpha value is -3.15. The third-order valence-corrected chi connectivity index (χ3v) is 6.36. The maximum absolute atomic E-state index is 12.4. The summed E-state index contributed by atoms with van der Waals surface area (Å²) in [5.41, 5.74) is 4.46. The van der Waals surface area contributed by atoms with Gasteiger partial charge in [0, 0.05) is 48.7 Å². The lowest BCUT2D eigenvalue weighted by Crippen LogP contribution is -2.20. The van der Waals surface area contributed by atoms with E-state index in [0.717, 1.165) is 5.57 Å². The molecule has 0 aromatic heterocycles. The molecule has 2 aromatic rings. The van der Waals surface area contributed by atoms with Crippen molar-refractivity contribution < 1.29 is 37.0 Å². The smallest absolute Gasteiger partial charge is 0.359 e. The molecule has 39 heavy (non-hydrogen) atoms. The molecule has 0 spiro atoms. The molecule has 3 N–H and O–H groups in total. The number of unbranched alkanes of at least 4 members (excludes halogenated alkanes) is 1. The Balaban J connectivity index is 0.00000113. The molecule has 0 aliphatic carbocycles. The van der Waals surface area contributed by atoms with Gasteiger partial charge in [-0.05, 0) is 83.3 Å². The lowest BCUT2D eigenvalue weighted by atomic mass is 9.91. The second kappa shape index (κ2) is 15.4. The summed E-state index contributed by atoms with van der Waals surface area (Å²) in [7, 11) is 4.73. The Kier molecular flexibility index (Phi) is 13.4. The van der Waals surface area contributed by atoms with E-state index in [1.165, 1.54) is 4.94 Å². The maximum atomic E-state index is 12.4. The number of carbonyl (C=O) groups is 3. The van der Waals surface area contributed by atoms with E-state index in [1.54, 1.807) is 59.3 Å². The minimum atomic E-state index is -5.12. The molecule has 0 unspecified atom stereocenters. The average molecular weight is 594 g/mol. The van der Waals surface area contributed by atoms with Crippen molar-refractivity contribution in [3.63, 3.8) is 0 Å². The van der Waals surface area contributed by atoms with Gasteiger partial charge in [-0.3, -0.25) is 14.4 Å². The van der Waals surface area contributed by atoms with E-state index >= 15 is 0 Å². The number of rotatable bonds is 8. The summed E-state index contributed by atoms with van der Waals surface area (Å²) in [6, 6.07) is 7.14. The van der Waals surface area contributed by atoms with Crippen molar-refractivity contribution >= 4 is 46.5 Å². The second-order valence-electron chi connectivity index (χ2n) is 8.13. The molecule has 0 atom stereocenters. The summed E-state index contributed by atoms with van der Waals surface area (Å²) < 4.78 is 40.4. The van der Waals surface area contributed by atoms with Gasteiger partial charge in [0.05, 0.1) is 0 Å². The monoisotopic (exact) mass is 593 g/mol. The molecular formula is C26H29Cl2F4N3O4. The molecule has 3 amide bonds. The molecule has 7 nitrogen and oxygen atoms in total. The zero-order chi connectivity index (χ0) is 29.9. The second-order valence-corrected chi connectivity index (χ2v) is 8.94. The zero-order valence-electron chi connectivity index (χ0n) is 21.9. The third kappa shape index (κ3) is 10.2. The summed E-state index contributed by atoms with van der Waals surface area (Å²) in [5, 5.41) is 8.79. The van der Waals surface area contributed by atoms with Crippen LogP contribution in [0.4, 0.5) is 17.7 Å². The first-order valence-electron chi connectivity index (χ1n) is 11.5. The molecule has 0 fully saturated rings. The highest BCUT2D eigenvalue weighted by molar-refractivity contribution is 6.32. The standard InChI is InChI=1S/C25H29Cl2N3O3.CF4O/c1-14-19(24(32)29-4)10-16(12-21(14)26)18(8-6-7-9-23(31)28-3)17-11-20(25(33)30-5)15(2)22(27)13-17;2-1(3,4)6-5/h8,10-13H,6-7,9H2,1-5H3,(H,28,31)(H,29,32)(H,30,33);. The normalized spacial score (nSPS) is 10.6. The quantitative estimate of drug-likeness (QED) is 0.255. The predicted molar refractivity (Wildman–Crippen MR) is 142 cm³/mol. The number of allylic oxidation sites excluding steroid dienone is 1. The Labute approximate surface area is 233 Å². The van der Waals surface area contributed by atoms with Crippen LogP contribution in [0.5, 0.6) is 0 Å². The Morgan fingerprint density at radius 2 is 1.26 bits per heavy atom. The van der Waals surface area contributed by atoms with Crippen LogP contribution in [-0.2, 0) is 9.74 Å². The summed E-state index contributed by atoms with van der Waals surface area (Å²) >= 11 is 13.0. The van der Waals surface area contributed by atoms with Crippen molar-refractivity contribution in [2.45, 2.75) is 39.5 Å². The van der Waals surface area contributed by atoms with E-state index in [4.69, 9.17) is 23.2 Å². The molecule has 2 rings (SSSR count). The molecule has 0 aliphatic heterocycles. The van der Waals surface area contributed by atoms with Gasteiger partial charge in [-0.1, -0.05) is 34.2 Å². The number of benzene rings is 2. The fraction of sp³-hybridized carbons (Fsp3) is 0.346. The molecule has 0 saturated heterocycles. The summed E-state index contributed by atoms with van der Waals surface area (Å²) in [6.07, 6.45) is -1.53. The highest BCUT2D eigenvalue weighted by Crippen LogP contribution is 2.33. The number of carbonyl (C=O) groups excluding carboxylic acids is 3. The first-order valence-corrected chi connectivity index (χ1v) is 12.3. The van der Waals surface area contributed by atoms with Crippen molar-refractivity contribution in [2.24, 2.45) is 0 Å². The molecule has 2 aromatic carbocycles. The van der Waals surface area contributed by atoms with Gasteiger partial charge in [0.2, 0.25) is 5.91 Å². The topological polar surface area (TPSA) is 96.5 Å². The summed E-state index contributed by atoms with van der Waals surface area (Å²) in [6.45, 7) is 3.58. The van der Waals surface area contributed by atoms with Gasteiger partial charge >= 0.3 is 6.36 Å². The summed E-state index contributed by atoms with van der Waals surface area (Å²) in [4.78, 5) is 37.9. The lowest BCUT2D eigenvalue weighted by Gasteiger charge is -2.16. The van der Waals surface area contributed by atoms with Crippen LogP contribution in [0.25, 0.3) is 5.57 Å². The first-order chi connectivity index (χ1) is 18.2. The maximum Gasteiger partial charge on any atom is 0.553 e. The molecule has 214 valence electrons. The molecular weight excluding hydrogens is 565 g/mol. The lowest BCUT2D eigenvalue weighted by molar-refractivity contribution is -0.416. The number of amides is 3. The van der Waals surface area contributed by atoms with Gasteiger partial charge in [0.25, 0.3) is 11.8 Å². The van der Waals surface area contributed by atoms with Crippen molar-refractivity contribution in [2.75, 3.05) is 21.1 Å². The van der Waals surface area contributed by atoms with Crippen molar-refractivity contribution in [3.05, 3.63) is 73.8 Å². The fourth-order valence-electron chi connectivity index (χ4n) is 3.45. The molecule has 0 radical (unpaired) electrons. The molecule has 13 heteroatoms. The largest absolute Gasteiger partial charge is 0.553 e. The van der Waals surface area contributed by atoms with Crippen molar-refractivity contribution in [1.82, 2.24) is 16.0 Å². The van der Waals surface area contributed by atoms with Crippen LogP contribution in [-0.4, -0.2) is 45.2 Å². The van der Waals surface area contributed by atoms with E-state index < -0.39 is 6.36 Å². The highest BCUT2D eigenvalue weighted by atomic mass is 35.5. The van der Waals surface area contributed by atoms with Gasteiger partial charge in [-0.25, -0.2) is 0 Å². The van der Waals surface area contributed by atoms with Crippen LogP contribution in [0.3, 0.4) is 0 Å². The van der Waals surface area contributed by atoms with Gasteiger partial charge in [-0.15, -0.1) is 13.2 Å².